The van der Waals surface area contributed by atoms with Crippen molar-refractivity contribution in [2.24, 2.45) is 16.6 Å². The predicted octanol–water partition coefficient (Wildman–Crippen LogP) is 2.09. The summed E-state index contributed by atoms with van der Waals surface area (Å²) in [4.78, 5) is 10.6. The molecule has 0 amide bonds. The number of aromatic nitrogens is 1. The zero-order valence-electron chi connectivity index (χ0n) is 15.6. The molecule has 0 aromatic carbocycles. The van der Waals surface area contributed by atoms with Gasteiger partial charge >= 0.3 is 0 Å². The van der Waals surface area contributed by atoms with Crippen LogP contribution < -0.4 is 5.73 Å². The standard InChI is InChI=1S/C19H26N4O3S/c1-19(2)25-15-10(9-24)7-13(16(15)26-19)22-17(21)11(8-20)18-23-12-5-3-4-6-14(12)27-18/h3,5,8,10-11,13,15-16,20,24H,4,6-7,9H2,1-2H3,(H2,21,22). The monoisotopic (exact) mass is 390 g/mol. The maximum atomic E-state index is 9.70. The lowest BCUT2D eigenvalue weighted by Crippen LogP contribution is -2.31. The van der Waals surface area contributed by atoms with Gasteiger partial charge in [-0.1, -0.05) is 6.08 Å². The number of aryl methyl sites for hydroxylation is 1. The molecule has 4 N–H and O–H groups in total. The Bertz CT molecular complexity index is 788. The first kappa shape index (κ1) is 18.7. The molecule has 5 atom stereocenters. The average Bonchev–Trinajstić information content (AvgIpc) is 3.27. The van der Waals surface area contributed by atoms with Crippen LogP contribution in [0, 0.1) is 11.3 Å². The molecular formula is C19H26N4O3S. The van der Waals surface area contributed by atoms with E-state index in [1.807, 2.05) is 19.9 Å². The molecular weight excluding hydrogens is 364 g/mol. The second-order valence-electron chi connectivity index (χ2n) is 7.81. The maximum absolute atomic E-state index is 9.70. The number of thiazole rings is 1. The molecule has 1 aromatic heterocycles. The summed E-state index contributed by atoms with van der Waals surface area (Å²) in [5.74, 6) is -0.770. The maximum Gasteiger partial charge on any atom is 0.163 e. The molecule has 0 radical (unpaired) electrons. The fourth-order valence-electron chi connectivity index (χ4n) is 4.15. The normalized spacial score (nSPS) is 32.9. The first-order valence-electron chi connectivity index (χ1n) is 9.38. The summed E-state index contributed by atoms with van der Waals surface area (Å²) in [6.07, 6.45) is 7.71. The molecule has 0 bridgehead atoms. The topological polar surface area (TPSA) is 114 Å². The van der Waals surface area contributed by atoms with Gasteiger partial charge in [0.05, 0.1) is 17.8 Å². The molecule has 8 heteroatoms. The zero-order valence-corrected chi connectivity index (χ0v) is 16.4. The van der Waals surface area contributed by atoms with Crippen molar-refractivity contribution in [1.82, 2.24) is 4.98 Å². The van der Waals surface area contributed by atoms with E-state index in [0.717, 1.165) is 23.5 Å². The number of aliphatic hydroxyl groups is 1. The number of nitrogens with two attached hydrogens (primary N) is 1. The molecule has 1 aliphatic heterocycles. The summed E-state index contributed by atoms with van der Waals surface area (Å²) in [5, 5.41) is 18.4. The summed E-state index contributed by atoms with van der Waals surface area (Å²) >= 11 is 1.61. The van der Waals surface area contributed by atoms with Crippen LogP contribution in [0.4, 0.5) is 0 Å². The number of aliphatic hydroxyl groups excluding tert-OH is 1. The van der Waals surface area contributed by atoms with Gasteiger partial charge in [0.2, 0.25) is 0 Å². The molecule has 1 saturated carbocycles. The van der Waals surface area contributed by atoms with Crippen molar-refractivity contribution in [1.29, 1.82) is 5.41 Å². The van der Waals surface area contributed by atoms with Crippen molar-refractivity contribution in [3.8, 4) is 0 Å². The van der Waals surface area contributed by atoms with Gasteiger partial charge in [-0.3, -0.25) is 4.99 Å². The molecule has 2 aliphatic carbocycles. The van der Waals surface area contributed by atoms with Gasteiger partial charge in [0, 0.05) is 23.6 Å². The Balaban J connectivity index is 1.58. The van der Waals surface area contributed by atoms with Crippen LogP contribution in [0.5, 0.6) is 0 Å². The van der Waals surface area contributed by atoms with Crippen LogP contribution in [-0.2, 0) is 15.9 Å². The number of nitrogens with one attached hydrogen (secondary N) is 1. The predicted molar refractivity (Wildman–Crippen MR) is 105 cm³/mol. The molecule has 3 aliphatic rings. The Labute approximate surface area is 162 Å². The fraction of sp³-hybridized carbons (Fsp3) is 0.632. The minimum atomic E-state index is -0.687. The van der Waals surface area contributed by atoms with Gasteiger partial charge in [-0.25, -0.2) is 4.98 Å². The molecule has 4 rings (SSSR count). The molecule has 0 spiro atoms. The van der Waals surface area contributed by atoms with E-state index in [9.17, 15) is 5.11 Å². The van der Waals surface area contributed by atoms with Crippen molar-refractivity contribution in [2.75, 3.05) is 6.61 Å². The molecule has 2 fully saturated rings. The van der Waals surface area contributed by atoms with Crippen molar-refractivity contribution >= 4 is 29.5 Å². The van der Waals surface area contributed by atoms with Gasteiger partial charge in [0.1, 0.15) is 22.9 Å². The third kappa shape index (κ3) is 3.47. The van der Waals surface area contributed by atoms with Crippen LogP contribution in [0.15, 0.2) is 11.1 Å². The van der Waals surface area contributed by atoms with Crippen molar-refractivity contribution < 1.29 is 14.6 Å². The Morgan fingerprint density at radius 3 is 3.00 bits per heavy atom. The first-order chi connectivity index (χ1) is 12.9. The smallest absolute Gasteiger partial charge is 0.163 e. The van der Waals surface area contributed by atoms with Gasteiger partial charge in [0.25, 0.3) is 0 Å². The van der Waals surface area contributed by atoms with E-state index in [1.54, 1.807) is 11.3 Å². The second-order valence-corrected chi connectivity index (χ2v) is 8.93. The van der Waals surface area contributed by atoms with Crippen LogP contribution in [0.2, 0.25) is 0 Å². The second kappa shape index (κ2) is 7.09. The number of nitrogens with zero attached hydrogens (tertiary/aromatic N) is 2. The van der Waals surface area contributed by atoms with Gasteiger partial charge < -0.3 is 25.7 Å². The summed E-state index contributed by atoms with van der Waals surface area (Å²) in [7, 11) is 0. The van der Waals surface area contributed by atoms with Crippen molar-refractivity contribution in [3.05, 3.63) is 21.7 Å². The van der Waals surface area contributed by atoms with E-state index < -0.39 is 11.7 Å². The van der Waals surface area contributed by atoms with E-state index in [2.05, 4.69) is 11.1 Å². The van der Waals surface area contributed by atoms with Crippen LogP contribution in [0.25, 0.3) is 6.08 Å². The number of hydrogen-bond acceptors (Lipinski definition) is 7. The number of fused-ring (bicyclic) bond motifs is 2. The fourth-order valence-corrected chi connectivity index (χ4v) is 5.30. The van der Waals surface area contributed by atoms with E-state index in [0.29, 0.717) is 12.3 Å². The number of rotatable bonds is 5. The third-order valence-electron chi connectivity index (χ3n) is 5.41. The van der Waals surface area contributed by atoms with E-state index in [1.165, 1.54) is 11.1 Å². The minimum Gasteiger partial charge on any atom is -0.396 e. The summed E-state index contributed by atoms with van der Waals surface area (Å²) in [6.45, 7) is 3.78. The Morgan fingerprint density at radius 1 is 1.52 bits per heavy atom. The summed E-state index contributed by atoms with van der Waals surface area (Å²) in [5.41, 5.74) is 7.31. The van der Waals surface area contributed by atoms with Crippen molar-refractivity contribution in [2.45, 2.75) is 63.1 Å². The molecule has 27 heavy (non-hydrogen) atoms. The van der Waals surface area contributed by atoms with Crippen molar-refractivity contribution in [3.63, 3.8) is 0 Å². The van der Waals surface area contributed by atoms with E-state index in [-0.39, 0.29) is 30.8 Å². The lowest BCUT2D eigenvalue weighted by molar-refractivity contribution is -0.159. The van der Waals surface area contributed by atoms with Gasteiger partial charge in [-0.05, 0) is 39.2 Å². The number of hydrogen-bond donors (Lipinski definition) is 3. The third-order valence-corrected chi connectivity index (χ3v) is 6.62. The highest BCUT2D eigenvalue weighted by atomic mass is 32.1. The van der Waals surface area contributed by atoms with Gasteiger partial charge in [-0.15, -0.1) is 11.3 Å². The minimum absolute atomic E-state index is 0.0194. The Hall–Kier alpha value is -1.61. The van der Waals surface area contributed by atoms with E-state index >= 15 is 0 Å². The van der Waals surface area contributed by atoms with Crippen LogP contribution >= 0.6 is 11.3 Å². The molecule has 5 unspecified atom stereocenters. The largest absolute Gasteiger partial charge is 0.396 e. The van der Waals surface area contributed by atoms with Crippen LogP contribution in [0.1, 0.15) is 48.2 Å². The molecule has 1 saturated heterocycles. The highest BCUT2D eigenvalue weighted by Gasteiger charge is 2.54. The molecule has 1 aromatic rings. The number of allylic oxidation sites excluding steroid dienone is 1. The quantitative estimate of drug-likeness (QED) is 0.526. The number of amidine groups is 1. The number of aliphatic imine (C=N–C) groups is 1. The zero-order chi connectivity index (χ0) is 19.2. The highest BCUT2D eigenvalue weighted by Crippen LogP contribution is 2.43. The SMILES string of the molecule is CC1(C)OC2C(CO)CC(N=C(N)C(C=N)c3nc4c(s3)CCC=C4)C2O1. The highest BCUT2D eigenvalue weighted by molar-refractivity contribution is 7.12. The van der Waals surface area contributed by atoms with Crippen LogP contribution in [-0.4, -0.2) is 52.8 Å². The molecule has 146 valence electrons. The molecule has 2 heterocycles. The average molecular weight is 391 g/mol. The Kier molecular flexibility index (Phi) is 4.92. The van der Waals surface area contributed by atoms with Crippen LogP contribution in [0.3, 0.4) is 0 Å². The lowest BCUT2D eigenvalue weighted by atomic mass is 10.1. The summed E-state index contributed by atoms with van der Waals surface area (Å²) < 4.78 is 12.0. The molecule has 7 nitrogen and oxygen atoms in total. The lowest BCUT2D eigenvalue weighted by Gasteiger charge is -2.22. The Morgan fingerprint density at radius 2 is 2.30 bits per heavy atom. The van der Waals surface area contributed by atoms with E-state index in [4.69, 9.17) is 25.6 Å². The number of ether oxygens (including phenoxy) is 2. The first-order valence-corrected chi connectivity index (χ1v) is 10.2. The summed E-state index contributed by atoms with van der Waals surface area (Å²) in [6, 6.07) is -0.189. The van der Waals surface area contributed by atoms with Gasteiger partial charge in [-0.2, -0.15) is 0 Å². The van der Waals surface area contributed by atoms with Gasteiger partial charge in [0.15, 0.2) is 5.79 Å².